The lowest BCUT2D eigenvalue weighted by Crippen LogP contribution is -2.14. The third kappa shape index (κ3) is 4.85. The van der Waals surface area contributed by atoms with Gasteiger partial charge in [-0.1, -0.05) is 38.3 Å². The van der Waals surface area contributed by atoms with Crippen molar-refractivity contribution in [2.75, 3.05) is 10.6 Å². The van der Waals surface area contributed by atoms with Crippen molar-refractivity contribution >= 4 is 28.2 Å². The van der Waals surface area contributed by atoms with E-state index < -0.39 is 0 Å². The Balaban J connectivity index is 1.70. The molecule has 0 radical (unpaired) electrons. The molecular formula is C23H29N3O2. The highest BCUT2D eigenvalue weighted by Crippen LogP contribution is 2.31. The van der Waals surface area contributed by atoms with Gasteiger partial charge in [0, 0.05) is 23.5 Å². The summed E-state index contributed by atoms with van der Waals surface area (Å²) in [6.07, 6.45) is 6.85. The smallest absolute Gasteiger partial charge is 0.224 e. The normalized spacial score (nSPS) is 12.1. The minimum absolute atomic E-state index is 0.00171. The van der Waals surface area contributed by atoms with Gasteiger partial charge in [-0.2, -0.15) is 0 Å². The van der Waals surface area contributed by atoms with Crippen molar-refractivity contribution in [1.82, 2.24) is 4.98 Å². The number of H-pyrrole nitrogens is 1. The van der Waals surface area contributed by atoms with Crippen LogP contribution < -0.4 is 10.6 Å². The molecule has 4 N–H and O–H groups in total. The number of rotatable bonds is 9. The van der Waals surface area contributed by atoms with Gasteiger partial charge < -0.3 is 20.7 Å². The summed E-state index contributed by atoms with van der Waals surface area (Å²) in [4.78, 5) is 15.5. The van der Waals surface area contributed by atoms with E-state index in [0.29, 0.717) is 6.42 Å². The summed E-state index contributed by atoms with van der Waals surface area (Å²) in [5.74, 6) is 0.298. The van der Waals surface area contributed by atoms with E-state index in [4.69, 9.17) is 0 Å². The van der Waals surface area contributed by atoms with Gasteiger partial charge in [0.25, 0.3) is 0 Å². The Morgan fingerprint density at radius 2 is 1.89 bits per heavy atom. The zero-order chi connectivity index (χ0) is 19.9. The number of para-hydroxylation sites is 2. The molecule has 1 amide bonds. The number of aromatic nitrogens is 1. The molecule has 0 spiro atoms. The second-order valence-corrected chi connectivity index (χ2v) is 7.24. The molecule has 0 saturated heterocycles. The average Bonchev–Trinajstić information content (AvgIpc) is 3.10. The van der Waals surface area contributed by atoms with E-state index in [-0.39, 0.29) is 17.7 Å². The molecule has 0 aliphatic carbocycles. The van der Waals surface area contributed by atoms with Crippen LogP contribution in [-0.2, 0) is 4.79 Å². The summed E-state index contributed by atoms with van der Waals surface area (Å²) < 4.78 is 0. The van der Waals surface area contributed by atoms with E-state index in [1.54, 1.807) is 12.1 Å². The molecule has 3 rings (SSSR count). The summed E-state index contributed by atoms with van der Waals surface area (Å²) in [6, 6.07) is 13.1. The topological polar surface area (TPSA) is 77.2 Å². The van der Waals surface area contributed by atoms with Crippen LogP contribution in [0.2, 0.25) is 0 Å². The summed E-state index contributed by atoms with van der Waals surface area (Å²) in [6.45, 7) is 4.23. The number of amides is 1. The fourth-order valence-electron chi connectivity index (χ4n) is 3.44. The zero-order valence-electron chi connectivity index (χ0n) is 16.6. The summed E-state index contributed by atoms with van der Waals surface area (Å²) >= 11 is 0. The maximum Gasteiger partial charge on any atom is 0.224 e. The van der Waals surface area contributed by atoms with Crippen molar-refractivity contribution in [3.8, 4) is 5.75 Å². The van der Waals surface area contributed by atoms with E-state index in [2.05, 4.69) is 29.5 Å². The number of benzene rings is 2. The van der Waals surface area contributed by atoms with E-state index in [1.165, 1.54) is 6.42 Å². The van der Waals surface area contributed by atoms with Gasteiger partial charge in [0.15, 0.2) is 0 Å². The maximum absolute atomic E-state index is 12.3. The molecule has 1 aromatic heterocycles. The Morgan fingerprint density at radius 3 is 2.68 bits per heavy atom. The highest BCUT2D eigenvalue weighted by molar-refractivity contribution is 5.94. The molecular weight excluding hydrogens is 350 g/mol. The molecule has 28 heavy (non-hydrogen) atoms. The van der Waals surface area contributed by atoms with Crippen LogP contribution in [0, 0.1) is 0 Å². The molecule has 1 atom stereocenters. The lowest BCUT2D eigenvalue weighted by molar-refractivity contribution is -0.116. The third-order valence-electron chi connectivity index (χ3n) is 4.99. The Hall–Kier alpha value is -2.95. The molecule has 0 aliphatic heterocycles. The first-order chi connectivity index (χ1) is 13.6. The number of phenols is 1. The van der Waals surface area contributed by atoms with Gasteiger partial charge in [0.05, 0.1) is 17.4 Å². The Bertz CT molecular complexity index is 932. The van der Waals surface area contributed by atoms with Crippen LogP contribution >= 0.6 is 0 Å². The van der Waals surface area contributed by atoms with Gasteiger partial charge in [-0.3, -0.25) is 4.79 Å². The number of fused-ring (bicyclic) bond motifs is 1. The molecule has 0 bridgehead atoms. The summed E-state index contributed by atoms with van der Waals surface area (Å²) in [5.41, 5.74) is 3.71. The number of nitrogens with one attached hydrogen (secondary N) is 3. The van der Waals surface area contributed by atoms with Gasteiger partial charge in [0.1, 0.15) is 5.75 Å². The number of carbonyl (C=O) groups excluding carboxylic acids is 1. The van der Waals surface area contributed by atoms with Crippen molar-refractivity contribution in [3.63, 3.8) is 0 Å². The minimum atomic E-state index is -0.00171. The lowest BCUT2D eigenvalue weighted by atomic mass is 10.1. The third-order valence-corrected chi connectivity index (χ3v) is 4.99. The lowest BCUT2D eigenvalue weighted by Gasteiger charge is -2.18. The minimum Gasteiger partial charge on any atom is -0.508 e. The quantitative estimate of drug-likeness (QED) is 0.347. The standard InChI is InChI=1S/C23H29N3O2/c1-3-4-5-6-11-23(28)26-22-10-8-7-9-21(22)25-16(2)19-15-24-20-13-12-17(27)14-18(19)20/h7-10,12-16,24-25,27H,3-6,11H2,1-2H3,(H,26,28). The molecule has 0 fully saturated rings. The SMILES string of the molecule is CCCCCCC(=O)Nc1ccccc1NC(C)c1c[nH]c2ccc(O)cc12. The fourth-order valence-corrected chi connectivity index (χ4v) is 3.44. The Morgan fingerprint density at radius 1 is 1.11 bits per heavy atom. The van der Waals surface area contributed by atoms with Crippen LogP contribution in [0.15, 0.2) is 48.7 Å². The van der Waals surface area contributed by atoms with Crippen molar-refractivity contribution < 1.29 is 9.90 Å². The van der Waals surface area contributed by atoms with Crippen molar-refractivity contribution in [1.29, 1.82) is 0 Å². The van der Waals surface area contributed by atoms with Crippen LogP contribution in [0.25, 0.3) is 10.9 Å². The Kier molecular flexibility index (Phi) is 6.58. The molecule has 5 heteroatoms. The maximum atomic E-state index is 12.3. The van der Waals surface area contributed by atoms with E-state index in [1.807, 2.05) is 36.5 Å². The van der Waals surface area contributed by atoms with Gasteiger partial charge in [-0.25, -0.2) is 0 Å². The largest absolute Gasteiger partial charge is 0.508 e. The number of unbranched alkanes of at least 4 members (excludes halogenated alkanes) is 3. The number of carbonyl (C=O) groups is 1. The van der Waals surface area contributed by atoms with Gasteiger partial charge in [-0.05, 0) is 49.2 Å². The zero-order valence-corrected chi connectivity index (χ0v) is 16.6. The monoisotopic (exact) mass is 379 g/mol. The highest BCUT2D eigenvalue weighted by Gasteiger charge is 2.14. The average molecular weight is 380 g/mol. The molecule has 0 aliphatic rings. The summed E-state index contributed by atoms with van der Waals surface area (Å²) in [5, 5.41) is 17.3. The molecule has 0 saturated carbocycles. The number of hydrogen-bond acceptors (Lipinski definition) is 3. The number of anilines is 2. The van der Waals surface area contributed by atoms with Crippen LogP contribution in [0.3, 0.4) is 0 Å². The van der Waals surface area contributed by atoms with Crippen molar-refractivity contribution in [2.24, 2.45) is 0 Å². The predicted octanol–water partition coefficient (Wildman–Crippen LogP) is 5.96. The second kappa shape index (κ2) is 9.31. The first-order valence-electron chi connectivity index (χ1n) is 10.0. The number of phenolic OH excluding ortho intramolecular Hbond substituents is 1. The molecule has 148 valence electrons. The predicted molar refractivity (Wildman–Crippen MR) is 116 cm³/mol. The van der Waals surface area contributed by atoms with Crippen molar-refractivity contribution in [3.05, 3.63) is 54.2 Å². The van der Waals surface area contributed by atoms with Crippen molar-refractivity contribution in [2.45, 2.75) is 52.0 Å². The van der Waals surface area contributed by atoms with Gasteiger partial charge >= 0.3 is 0 Å². The Labute approximate surface area is 166 Å². The first kappa shape index (κ1) is 19.8. The fraction of sp³-hybridized carbons (Fsp3) is 0.348. The van der Waals surface area contributed by atoms with Crippen LogP contribution in [0.1, 0.15) is 57.6 Å². The number of aromatic hydroxyl groups is 1. The molecule has 3 aromatic rings. The highest BCUT2D eigenvalue weighted by atomic mass is 16.3. The van der Waals surface area contributed by atoms with E-state index in [9.17, 15) is 9.90 Å². The molecule has 1 unspecified atom stereocenters. The van der Waals surface area contributed by atoms with Crippen LogP contribution in [0.4, 0.5) is 11.4 Å². The molecule has 5 nitrogen and oxygen atoms in total. The molecule has 2 aromatic carbocycles. The van der Waals surface area contributed by atoms with Crippen LogP contribution in [-0.4, -0.2) is 16.0 Å². The molecule has 1 heterocycles. The number of aromatic amines is 1. The van der Waals surface area contributed by atoms with E-state index in [0.717, 1.165) is 47.1 Å². The van der Waals surface area contributed by atoms with Crippen LogP contribution in [0.5, 0.6) is 5.75 Å². The van der Waals surface area contributed by atoms with E-state index >= 15 is 0 Å². The second-order valence-electron chi connectivity index (χ2n) is 7.24. The number of hydrogen-bond donors (Lipinski definition) is 4. The first-order valence-corrected chi connectivity index (χ1v) is 10.0. The van der Waals surface area contributed by atoms with Gasteiger partial charge in [-0.15, -0.1) is 0 Å². The van der Waals surface area contributed by atoms with Gasteiger partial charge in [0.2, 0.25) is 5.91 Å². The summed E-state index contributed by atoms with van der Waals surface area (Å²) in [7, 11) is 0.